The summed E-state index contributed by atoms with van der Waals surface area (Å²) < 4.78 is 9.72. The Hall–Kier alpha value is -0.990. The first-order valence-electron chi connectivity index (χ1n) is 4.05. The molecule has 12 heavy (non-hydrogen) atoms. The van der Waals surface area contributed by atoms with E-state index in [1.165, 1.54) is 0 Å². The lowest BCUT2D eigenvalue weighted by Gasteiger charge is -2.10. The Morgan fingerprint density at radius 2 is 2.00 bits per heavy atom. The molecule has 0 atom stereocenters. The van der Waals surface area contributed by atoms with Crippen molar-refractivity contribution < 1.29 is 14.3 Å². The van der Waals surface area contributed by atoms with E-state index in [-0.39, 0.29) is 18.5 Å². The van der Waals surface area contributed by atoms with Crippen molar-refractivity contribution in [2.75, 3.05) is 13.2 Å². The van der Waals surface area contributed by atoms with E-state index in [1.54, 1.807) is 6.92 Å². The number of rotatable bonds is 5. The summed E-state index contributed by atoms with van der Waals surface area (Å²) in [6.45, 7) is 9.67. The summed E-state index contributed by atoms with van der Waals surface area (Å²) in [5.74, 6) is 0.502. The molecular formula is C9H16O3. The Bertz CT molecular complexity index is 161. The van der Waals surface area contributed by atoms with Crippen LogP contribution in [0.3, 0.4) is 0 Å². The molecule has 0 fully saturated rings. The van der Waals surface area contributed by atoms with Crippen LogP contribution >= 0.6 is 0 Å². The van der Waals surface area contributed by atoms with Gasteiger partial charge in [0.05, 0.1) is 12.4 Å². The molecule has 70 valence electrons. The molecule has 0 bridgehead atoms. The van der Waals surface area contributed by atoms with E-state index in [4.69, 9.17) is 4.74 Å². The fourth-order valence-corrected chi connectivity index (χ4v) is 0.521. The van der Waals surface area contributed by atoms with Crippen molar-refractivity contribution in [2.24, 2.45) is 5.92 Å². The summed E-state index contributed by atoms with van der Waals surface area (Å²) >= 11 is 0. The van der Waals surface area contributed by atoms with Gasteiger partial charge in [0.2, 0.25) is 0 Å². The van der Waals surface area contributed by atoms with Gasteiger partial charge in [-0.25, -0.2) is 4.79 Å². The maximum Gasteiger partial charge on any atom is 0.344 e. The average molecular weight is 172 g/mol. The molecule has 0 saturated carbocycles. The second-order valence-electron chi connectivity index (χ2n) is 2.71. The minimum atomic E-state index is -0.348. The zero-order chi connectivity index (χ0) is 9.56. The highest BCUT2D eigenvalue weighted by Crippen LogP contribution is 2.07. The zero-order valence-corrected chi connectivity index (χ0v) is 7.92. The van der Waals surface area contributed by atoms with Crippen molar-refractivity contribution in [2.45, 2.75) is 20.8 Å². The van der Waals surface area contributed by atoms with Crippen LogP contribution < -0.4 is 0 Å². The predicted molar refractivity (Wildman–Crippen MR) is 46.6 cm³/mol. The Morgan fingerprint density at radius 1 is 1.42 bits per heavy atom. The second kappa shape index (κ2) is 5.63. The monoisotopic (exact) mass is 172 g/mol. The van der Waals surface area contributed by atoms with Crippen molar-refractivity contribution in [1.29, 1.82) is 0 Å². The maximum atomic E-state index is 10.8. The Labute approximate surface area is 73.4 Å². The molecule has 0 amide bonds. The number of ether oxygens (including phenoxy) is 2. The first kappa shape index (κ1) is 11.0. The van der Waals surface area contributed by atoms with Gasteiger partial charge in [0.25, 0.3) is 0 Å². The second-order valence-corrected chi connectivity index (χ2v) is 2.71. The number of allylic oxidation sites excluding steroid dienone is 1. The SMILES string of the molecule is C=C(OCC(=O)OCC)C(C)C. The lowest BCUT2D eigenvalue weighted by molar-refractivity contribution is -0.147. The molecule has 0 N–H and O–H groups in total. The first-order chi connectivity index (χ1) is 5.57. The van der Waals surface area contributed by atoms with Gasteiger partial charge in [-0.2, -0.15) is 0 Å². The quantitative estimate of drug-likeness (QED) is 0.468. The van der Waals surface area contributed by atoms with Crippen molar-refractivity contribution in [3.63, 3.8) is 0 Å². The van der Waals surface area contributed by atoms with E-state index in [2.05, 4.69) is 11.3 Å². The number of hydrogen-bond donors (Lipinski definition) is 0. The zero-order valence-electron chi connectivity index (χ0n) is 7.92. The van der Waals surface area contributed by atoms with Gasteiger partial charge in [-0.1, -0.05) is 20.4 Å². The molecule has 0 aliphatic heterocycles. The topological polar surface area (TPSA) is 35.5 Å². The highest BCUT2D eigenvalue weighted by atomic mass is 16.6. The van der Waals surface area contributed by atoms with Crippen LogP contribution in [-0.2, 0) is 14.3 Å². The smallest absolute Gasteiger partial charge is 0.344 e. The summed E-state index contributed by atoms with van der Waals surface area (Å²) in [7, 11) is 0. The third-order valence-electron chi connectivity index (χ3n) is 1.32. The van der Waals surface area contributed by atoms with Crippen molar-refractivity contribution in [3.8, 4) is 0 Å². The Balaban J connectivity index is 3.54. The van der Waals surface area contributed by atoms with E-state index in [1.807, 2.05) is 13.8 Å². The van der Waals surface area contributed by atoms with Crippen LogP contribution in [0.2, 0.25) is 0 Å². The minimum Gasteiger partial charge on any atom is -0.487 e. The largest absolute Gasteiger partial charge is 0.487 e. The molecule has 0 heterocycles. The molecule has 0 unspecified atom stereocenters. The van der Waals surface area contributed by atoms with E-state index in [9.17, 15) is 4.79 Å². The van der Waals surface area contributed by atoms with Crippen LogP contribution in [-0.4, -0.2) is 19.2 Å². The lowest BCUT2D eigenvalue weighted by Crippen LogP contribution is -2.13. The minimum absolute atomic E-state index is 0.0369. The van der Waals surface area contributed by atoms with Crippen LogP contribution in [0.15, 0.2) is 12.3 Å². The molecule has 0 aromatic rings. The predicted octanol–water partition coefficient (Wildman–Crippen LogP) is 1.74. The van der Waals surface area contributed by atoms with Crippen LogP contribution in [0, 0.1) is 5.92 Å². The standard InChI is InChI=1S/C9H16O3/c1-5-11-9(10)6-12-8(4)7(2)3/h7H,4-6H2,1-3H3. The summed E-state index contributed by atoms with van der Waals surface area (Å²) in [6, 6.07) is 0. The molecule has 0 aromatic heterocycles. The molecule has 0 rings (SSSR count). The van der Waals surface area contributed by atoms with Crippen molar-refractivity contribution in [1.82, 2.24) is 0 Å². The highest BCUT2D eigenvalue weighted by molar-refractivity contribution is 5.70. The molecule has 0 aliphatic carbocycles. The molecule has 0 spiro atoms. The van der Waals surface area contributed by atoms with Crippen LogP contribution in [0.5, 0.6) is 0 Å². The van der Waals surface area contributed by atoms with Crippen molar-refractivity contribution >= 4 is 5.97 Å². The van der Waals surface area contributed by atoms with Crippen molar-refractivity contribution in [3.05, 3.63) is 12.3 Å². The summed E-state index contributed by atoms with van der Waals surface area (Å²) in [5, 5.41) is 0. The summed E-state index contributed by atoms with van der Waals surface area (Å²) in [6.07, 6.45) is 0. The van der Waals surface area contributed by atoms with Gasteiger partial charge < -0.3 is 9.47 Å². The molecule has 0 saturated heterocycles. The molecule has 3 heteroatoms. The van der Waals surface area contributed by atoms with Gasteiger partial charge in [-0.15, -0.1) is 0 Å². The number of carbonyl (C=O) groups excluding carboxylic acids is 1. The summed E-state index contributed by atoms with van der Waals surface area (Å²) in [5.41, 5.74) is 0. The van der Waals surface area contributed by atoms with Gasteiger partial charge in [-0.05, 0) is 6.92 Å². The van der Waals surface area contributed by atoms with Gasteiger partial charge >= 0.3 is 5.97 Å². The van der Waals surface area contributed by atoms with Gasteiger partial charge in [0, 0.05) is 5.92 Å². The molecule has 0 aliphatic rings. The normalized spacial score (nSPS) is 9.67. The number of hydrogen-bond acceptors (Lipinski definition) is 3. The maximum absolute atomic E-state index is 10.8. The van der Waals surface area contributed by atoms with Gasteiger partial charge in [-0.3, -0.25) is 0 Å². The Kier molecular flexibility index (Phi) is 5.17. The average Bonchev–Trinajstić information content (AvgIpc) is 2.00. The summed E-state index contributed by atoms with van der Waals surface area (Å²) in [4.78, 5) is 10.8. The lowest BCUT2D eigenvalue weighted by atomic mass is 10.2. The fourth-order valence-electron chi connectivity index (χ4n) is 0.521. The Morgan fingerprint density at radius 3 is 2.42 bits per heavy atom. The van der Waals surface area contributed by atoms with E-state index in [0.29, 0.717) is 12.4 Å². The molecule has 0 radical (unpaired) electrons. The number of carbonyl (C=O) groups is 1. The van der Waals surface area contributed by atoms with Crippen LogP contribution in [0.4, 0.5) is 0 Å². The molecular weight excluding hydrogens is 156 g/mol. The molecule has 3 nitrogen and oxygen atoms in total. The van der Waals surface area contributed by atoms with Crippen LogP contribution in [0.25, 0.3) is 0 Å². The third kappa shape index (κ3) is 4.77. The van der Waals surface area contributed by atoms with E-state index >= 15 is 0 Å². The molecule has 0 aromatic carbocycles. The number of esters is 1. The van der Waals surface area contributed by atoms with Gasteiger partial charge in [0.1, 0.15) is 0 Å². The van der Waals surface area contributed by atoms with Crippen LogP contribution in [0.1, 0.15) is 20.8 Å². The van der Waals surface area contributed by atoms with Gasteiger partial charge in [0.15, 0.2) is 6.61 Å². The first-order valence-corrected chi connectivity index (χ1v) is 4.05. The van der Waals surface area contributed by atoms with E-state index < -0.39 is 0 Å². The third-order valence-corrected chi connectivity index (χ3v) is 1.32. The van der Waals surface area contributed by atoms with E-state index in [0.717, 1.165) is 0 Å². The highest BCUT2D eigenvalue weighted by Gasteiger charge is 2.05. The fraction of sp³-hybridized carbons (Fsp3) is 0.667.